The number of nitrogens with zero attached hydrogens (tertiary/aromatic N) is 1. The number of unbranched alkanes of at least 4 members (excludes halogenated alkanes) is 5. The third kappa shape index (κ3) is 6.24. The van der Waals surface area contributed by atoms with Crippen LogP contribution in [0.5, 0.6) is 0 Å². The van der Waals surface area contributed by atoms with Gasteiger partial charge < -0.3 is 10.2 Å². The molecule has 1 aromatic carbocycles. The Kier molecular flexibility index (Phi) is 8.64. The van der Waals surface area contributed by atoms with Gasteiger partial charge in [-0.2, -0.15) is 0 Å². The first-order chi connectivity index (χ1) is 12.2. The molecule has 142 valence electrons. The molecule has 2 heteroatoms. The summed E-state index contributed by atoms with van der Waals surface area (Å²) in [5, 5.41) is 3.70. The first-order valence-corrected chi connectivity index (χ1v) is 10.8. The molecule has 0 saturated heterocycles. The van der Waals surface area contributed by atoms with Gasteiger partial charge in [0.05, 0.1) is 0 Å². The lowest BCUT2D eigenvalue weighted by Crippen LogP contribution is -2.31. The molecular weight excluding hydrogens is 304 g/mol. The van der Waals surface area contributed by atoms with Crippen molar-refractivity contribution in [2.75, 3.05) is 16.8 Å². The molecule has 0 spiro atoms. The quantitative estimate of drug-likeness (QED) is 0.420. The first kappa shape index (κ1) is 20.1. The van der Waals surface area contributed by atoms with Gasteiger partial charge in [-0.15, -0.1) is 0 Å². The van der Waals surface area contributed by atoms with E-state index >= 15 is 0 Å². The van der Waals surface area contributed by atoms with Crippen molar-refractivity contribution in [3.8, 4) is 0 Å². The number of benzene rings is 1. The maximum Gasteiger partial charge on any atom is 0.0403 e. The number of nitrogens with one attached hydrogen (secondary N) is 1. The fourth-order valence-electron chi connectivity index (χ4n) is 4.05. The zero-order valence-electron chi connectivity index (χ0n) is 17.1. The highest BCUT2D eigenvalue weighted by molar-refractivity contribution is 5.64. The topological polar surface area (TPSA) is 15.3 Å². The summed E-state index contributed by atoms with van der Waals surface area (Å²) in [6.45, 7) is 10.5. The van der Waals surface area contributed by atoms with Crippen LogP contribution in [0, 0.1) is 0 Å². The molecule has 0 fully saturated rings. The molecule has 1 heterocycles. The summed E-state index contributed by atoms with van der Waals surface area (Å²) >= 11 is 0. The van der Waals surface area contributed by atoms with Crippen molar-refractivity contribution in [2.45, 2.75) is 104 Å². The van der Waals surface area contributed by atoms with Crippen molar-refractivity contribution in [3.63, 3.8) is 0 Å². The molecule has 1 aromatic rings. The van der Waals surface area contributed by atoms with Crippen molar-refractivity contribution >= 4 is 11.4 Å². The molecule has 0 saturated carbocycles. The number of hydrogen-bond acceptors (Lipinski definition) is 2. The molecule has 0 amide bonds. The van der Waals surface area contributed by atoms with Crippen LogP contribution in [-0.2, 0) is 6.42 Å². The van der Waals surface area contributed by atoms with Crippen LogP contribution in [0.2, 0.25) is 0 Å². The Bertz CT molecular complexity index is 497. The van der Waals surface area contributed by atoms with Gasteiger partial charge in [-0.25, -0.2) is 0 Å². The Labute approximate surface area is 156 Å². The lowest BCUT2D eigenvalue weighted by Gasteiger charge is -2.27. The van der Waals surface area contributed by atoms with Gasteiger partial charge in [0, 0.05) is 30.0 Å². The predicted octanol–water partition coefficient (Wildman–Crippen LogP) is 6.79. The van der Waals surface area contributed by atoms with Gasteiger partial charge in [0.2, 0.25) is 0 Å². The van der Waals surface area contributed by atoms with Crippen molar-refractivity contribution in [2.24, 2.45) is 0 Å². The standard InChI is InChI=1S/C23H40N2/c1-5-7-9-11-13-20(4)25-17-16-21-18-22(14-15-23(21)25)24-19(3)12-10-8-6-2/h14-15,18-20,24H,5-13,16-17H2,1-4H3. The first-order valence-electron chi connectivity index (χ1n) is 10.8. The summed E-state index contributed by atoms with van der Waals surface area (Å²) in [7, 11) is 0. The predicted molar refractivity (Wildman–Crippen MR) is 113 cm³/mol. The molecule has 1 N–H and O–H groups in total. The van der Waals surface area contributed by atoms with Gasteiger partial charge in [-0.1, -0.05) is 58.8 Å². The van der Waals surface area contributed by atoms with Crippen molar-refractivity contribution in [1.82, 2.24) is 0 Å². The molecule has 25 heavy (non-hydrogen) atoms. The van der Waals surface area contributed by atoms with Crippen molar-refractivity contribution in [3.05, 3.63) is 23.8 Å². The van der Waals surface area contributed by atoms with Gasteiger partial charge in [0.1, 0.15) is 0 Å². The van der Waals surface area contributed by atoms with Crippen LogP contribution >= 0.6 is 0 Å². The summed E-state index contributed by atoms with van der Waals surface area (Å²) in [4.78, 5) is 2.63. The Morgan fingerprint density at radius 3 is 2.44 bits per heavy atom. The maximum atomic E-state index is 3.70. The van der Waals surface area contributed by atoms with E-state index in [0.29, 0.717) is 12.1 Å². The van der Waals surface area contributed by atoms with E-state index in [1.807, 2.05) is 0 Å². The van der Waals surface area contributed by atoms with E-state index in [0.717, 1.165) is 0 Å². The van der Waals surface area contributed by atoms with Gasteiger partial charge >= 0.3 is 0 Å². The highest BCUT2D eigenvalue weighted by atomic mass is 15.2. The summed E-state index contributed by atoms with van der Waals surface area (Å²) in [5.74, 6) is 0. The minimum atomic E-state index is 0.569. The Morgan fingerprint density at radius 1 is 0.960 bits per heavy atom. The number of rotatable bonds is 12. The molecule has 0 aromatic heterocycles. The van der Waals surface area contributed by atoms with Crippen LogP contribution in [0.3, 0.4) is 0 Å². The van der Waals surface area contributed by atoms with E-state index < -0.39 is 0 Å². The van der Waals surface area contributed by atoms with E-state index in [2.05, 4.69) is 56.1 Å². The average molecular weight is 345 g/mol. The summed E-state index contributed by atoms with van der Waals surface area (Å²) in [6, 6.07) is 8.28. The van der Waals surface area contributed by atoms with Crippen LogP contribution < -0.4 is 10.2 Å². The Hall–Kier alpha value is -1.18. The highest BCUT2D eigenvalue weighted by Crippen LogP contribution is 2.33. The van der Waals surface area contributed by atoms with E-state index in [1.165, 1.54) is 87.7 Å². The molecule has 0 radical (unpaired) electrons. The maximum absolute atomic E-state index is 3.70. The summed E-state index contributed by atoms with van der Waals surface area (Å²) in [5.41, 5.74) is 4.32. The van der Waals surface area contributed by atoms with E-state index in [9.17, 15) is 0 Å². The number of anilines is 2. The second-order valence-corrected chi connectivity index (χ2v) is 8.03. The van der Waals surface area contributed by atoms with Gasteiger partial charge in [-0.05, 0) is 56.9 Å². The smallest absolute Gasteiger partial charge is 0.0403 e. The van der Waals surface area contributed by atoms with Crippen LogP contribution in [-0.4, -0.2) is 18.6 Å². The third-order valence-corrected chi connectivity index (χ3v) is 5.67. The minimum absolute atomic E-state index is 0.569. The number of hydrogen-bond donors (Lipinski definition) is 1. The van der Waals surface area contributed by atoms with Gasteiger partial charge in [0.25, 0.3) is 0 Å². The van der Waals surface area contributed by atoms with E-state index in [1.54, 1.807) is 0 Å². The molecule has 2 atom stereocenters. The second-order valence-electron chi connectivity index (χ2n) is 8.03. The lowest BCUT2D eigenvalue weighted by molar-refractivity contribution is 0.545. The van der Waals surface area contributed by atoms with Crippen molar-refractivity contribution < 1.29 is 0 Å². The molecule has 1 aliphatic rings. The highest BCUT2D eigenvalue weighted by Gasteiger charge is 2.23. The second kappa shape index (κ2) is 10.7. The molecule has 2 rings (SSSR count). The molecule has 2 unspecified atom stereocenters. The molecular formula is C23H40N2. The van der Waals surface area contributed by atoms with Gasteiger partial charge in [0.15, 0.2) is 0 Å². The lowest BCUT2D eigenvalue weighted by atomic mass is 10.1. The fourth-order valence-corrected chi connectivity index (χ4v) is 4.05. The largest absolute Gasteiger partial charge is 0.383 e. The van der Waals surface area contributed by atoms with Crippen LogP contribution in [0.15, 0.2) is 18.2 Å². The zero-order chi connectivity index (χ0) is 18.1. The fraction of sp³-hybridized carbons (Fsp3) is 0.739. The average Bonchev–Trinajstić information content (AvgIpc) is 3.02. The Balaban J connectivity index is 1.86. The molecule has 0 aliphatic carbocycles. The molecule has 1 aliphatic heterocycles. The van der Waals surface area contributed by atoms with Crippen LogP contribution in [0.25, 0.3) is 0 Å². The van der Waals surface area contributed by atoms with Crippen LogP contribution in [0.4, 0.5) is 11.4 Å². The summed E-state index contributed by atoms with van der Waals surface area (Å²) < 4.78 is 0. The number of fused-ring (bicyclic) bond motifs is 1. The SMILES string of the molecule is CCCCCCC(C)N1CCc2cc(NC(C)CCCCC)ccc21. The normalized spacial score (nSPS) is 15.9. The van der Waals surface area contributed by atoms with Crippen LogP contribution in [0.1, 0.15) is 91.0 Å². The molecule has 0 bridgehead atoms. The monoisotopic (exact) mass is 344 g/mol. The third-order valence-electron chi connectivity index (χ3n) is 5.67. The summed E-state index contributed by atoms with van der Waals surface area (Å²) in [6.07, 6.45) is 13.3. The Morgan fingerprint density at radius 2 is 1.68 bits per heavy atom. The van der Waals surface area contributed by atoms with E-state index in [-0.39, 0.29) is 0 Å². The van der Waals surface area contributed by atoms with Gasteiger partial charge in [-0.3, -0.25) is 0 Å². The zero-order valence-corrected chi connectivity index (χ0v) is 17.1. The van der Waals surface area contributed by atoms with Crippen molar-refractivity contribution in [1.29, 1.82) is 0 Å². The minimum Gasteiger partial charge on any atom is -0.383 e. The van der Waals surface area contributed by atoms with E-state index in [4.69, 9.17) is 0 Å². The molecule has 2 nitrogen and oxygen atoms in total.